The van der Waals surface area contributed by atoms with Crippen molar-refractivity contribution < 1.29 is 14.1 Å². The van der Waals surface area contributed by atoms with Crippen molar-refractivity contribution in [1.29, 1.82) is 0 Å². The number of hydroxylamine groups is 2. The van der Waals surface area contributed by atoms with Crippen LogP contribution in [-0.4, -0.2) is 35.8 Å². The first kappa shape index (κ1) is 20.9. The zero-order valence-corrected chi connectivity index (χ0v) is 19.0. The Hall–Kier alpha value is -0.970. The van der Waals surface area contributed by atoms with Gasteiger partial charge in [-0.05, 0) is 93.3 Å². The van der Waals surface area contributed by atoms with Crippen molar-refractivity contribution in [2.24, 2.45) is 45.6 Å². The molecular formula is C25H39FN2O2. The van der Waals surface area contributed by atoms with E-state index in [9.17, 15) is 9.18 Å². The van der Waals surface area contributed by atoms with Crippen LogP contribution in [0.1, 0.15) is 85.0 Å². The number of alkyl halides is 1. The third kappa shape index (κ3) is 3.01. The minimum Gasteiger partial charge on any atom is -0.297 e. The largest absolute Gasteiger partial charge is 0.297 e. The number of ketones is 1. The maximum Gasteiger partial charge on any atom is 0.173 e. The molecule has 5 aliphatic rings. The number of halogens is 1. The summed E-state index contributed by atoms with van der Waals surface area (Å²) >= 11 is 0. The maximum absolute atomic E-state index is 14.4. The van der Waals surface area contributed by atoms with E-state index in [0.29, 0.717) is 30.1 Å². The van der Waals surface area contributed by atoms with Gasteiger partial charge in [-0.25, -0.2) is 4.39 Å². The number of carbonyl (C=O) groups excluding carboxylic acids is 1. The standard InChI is InChI=1S/C25H39FN2O2/c1-4-16-18-8-7-17-19(9-11-25(3)20(17)15-21(26)23(25)29)24(18,2)12-10-22(16)27-30-28-13-5-6-14-28/h16-21H,4-15H2,1-3H3. The van der Waals surface area contributed by atoms with Gasteiger partial charge >= 0.3 is 0 Å². The Morgan fingerprint density at radius 3 is 2.60 bits per heavy atom. The molecule has 4 saturated carbocycles. The highest BCUT2D eigenvalue weighted by atomic mass is 19.1. The predicted molar refractivity (Wildman–Crippen MR) is 116 cm³/mol. The highest BCUT2D eigenvalue weighted by Crippen LogP contribution is 2.66. The number of nitrogens with zero attached hydrogens (tertiary/aromatic N) is 2. The Balaban J connectivity index is 1.37. The third-order valence-corrected chi connectivity index (χ3v) is 10.3. The summed E-state index contributed by atoms with van der Waals surface area (Å²) in [6.45, 7) is 8.87. The van der Waals surface area contributed by atoms with Gasteiger partial charge in [-0.1, -0.05) is 25.9 Å². The highest BCUT2D eigenvalue weighted by molar-refractivity contribution is 5.91. The van der Waals surface area contributed by atoms with Crippen molar-refractivity contribution in [2.45, 2.75) is 91.2 Å². The fourth-order valence-corrected chi connectivity index (χ4v) is 8.59. The van der Waals surface area contributed by atoms with E-state index in [1.807, 2.05) is 5.06 Å². The van der Waals surface area contributed by atoms with Crippen LogP contribution in [-0.2, 0) is 9.73 Å². The van der Waals surface area contributed by atoms with Crippen LogP contribution in [0.4, 0.5) is 4.39 Å². The molecule has 5 rings (SSSR count). The number of Topliss-reactive ketones (excluding diaryl/α,β-unsaturated/α-hetero) is 1. The Morgan fingerprint density at radius 2 is 1.87 bits per heavy atom. The van der Waals surface area contributed by atoms with Crippen molar-refractivity contribution in [2.75, 3.05) is 13.1 Å². The monoisotopic (exact) mass is 418 g/mol. The minimum absolute atomic E-state index is 0.0956. The van der Waals surface area contributed by atoms with Crippen molar-refractivity contribution in [3.05, 3.63) is 0 Å². The van der Waals surface area contributed by atoms with E-state index in [1.54, 1.807) is 0 Å². The molecule has 5 heteroatoms. The molecule has 8 atom stereocenters. The van der Waals surface area contributed by atoms with Gasteiger partial charge in [-0.3, -0.25) is 9.73 Å². The molecule has 0 amide bonds. The molecular weight excluding hydrogens is 379 g/mol. The second-order valence-electron chi connectivity index (χ2n) is 11.4. The van der Waals surface area contributed by atoms with E-state index < -0.39 is 11.6 Å². The molecule has 0 radical (unpaired) electrons. The van der Waals surface area contributed by atoms with E-state index >= 15 is 0 Å². The smallest absolute Gasteiger partial charge is 0.173 e. The quantitative estimate of drug-likeness (QED) is 0.563. The number of oxime groups is 1. The normalized spacial score (nSPS) is 50.3. The van der Waals surface area contributed by atoms with E-state index in [1.165, 1.54) is 25.0 Å². The second kappa shape index (κ2) is 7.56. The summed E-state index contributed by atoms with van der Waals surface area (Å²) in [5, 5.41) is 6.69. The van der Waals surface area contributed by atoms with Gasteiger partial charge in [0.15, 0.2) is 12.0 Å². The van der Waals surface area contributed by atoms with Crippen LogP contribution in [0, 0.1) is 40.4 Å². The zero-order valence-electron chi connectivity index (χ0n) is 19.0. The van der Waals surface area contributed by atoms with E-state index in [4.69, 9.17) is 4.94 Å². The van der Waals surface area contributed by atoms with E-state index in [2.05, 4.69) is 25.9 Å². The van der Waals surface area contributed by atoms with E-state index in [-0.39, 0.29) is 17.1 Å². The number of hydrogen-bond donors (Lipinski definition) is 0. The van der Waals surface area contributed by atoms with Crippen molar-refractivity contribution in [3.63, 3.8) is 0 Å². The SMILES string of the molecule is CCC1C(=NON2CCCC2)CCC2(C)C1CCC1C3CC(F)C(=O)C3(C)CCC12. The second-order valence-corrected chi connectivity index (χ2v) is 11.4. The van der Waals surface area contributed by atoms with Gasteiger partial charge < -0.3 is 0 Å². The fraction of sp³-hybridized carbons (Fsp3) is 0.920. The van der Waals surface area contributed by atoms with Gasteiger partial charge in [0.05, 0.1) is 5.71 Å². The van der Waals surface area contributed by atoms with Gasteiger partial charge in [0.25, 0.3) is 0 Å². The summed E-state index contributed by atoms with van der Waals surface area (Å²) in [5.74, 6) is 2.45. The topological polar surface area (TPSA) is 41.9 Å². The lowest BCUT2D eigenvalue weighted by Gasteiger charge is -2.61. The molecule has 1 heterocycles. The summed E-state index contributed by atoms with van der Waals surface area (Å²) in [6, 6.07) is 0. The summed E-state index contributed by atoms with van der Waals surface area (Å²) in [4.78, 5) is 18.4. The molecule has 0 aromatic carbocycles. The van der Waals surface area contributed by atoms with Gasteiger partial charge in [-0.2, -0.15) is 0 Å². The summed E-state index contributed by atoms with van der Waals surface area (Å²) in [6.07, 6.45) is 9.29. The number of fused-ring (bicyclic) bond motifs is 5. The van der Waals surface area contributed by atoms with Gasteiger partial charge in [0, 0.05) is 24.4 Å². The predicted octanol–water partition coefficient (Wildman–Crippen LogP) is 5.57. The molecule has 30 heavy (non-hydrogen) atoms. The van der Waals surface area contributed by atoms with Crippen LogP contribution in [0.15, 0.2) is 5.16 Å². The summed E-state index contributed by atoms with van der Waals surface area (Å²) < 4.78 is 14.4. The van der Waals surface area contributed by atoms with Crippen molar-refractivity contribution in [1.82, 2.24) is 5.06 Å². The Labute approximate surface area is 180 Å². The zero-order chi connectivity index (χ0) is 21.1. The van der Waals surface area contributed by atoms with Crippen LogP contribution < -0.4 is 0 Å². The number of carbonyl (C=O) groups is 1. The number of hydrogen-bond acceptors (Lipinski definition) is 4. The molecule has 0 bridgehead atoms. The first-order chi connectivity index (χ1) is 14.4. The lowest BCUT2D eigenvalue weighted by atomic mass is 9.43. The molecule has 0 aromatic rings. The van der Waals surface area contributed by atoms with Crippen LogP contribution in [0.2, 0.25) is 0 Å². The first-order valence-corrected chi connectivity index (χ1v) is 12.6. The molecule has 4 nitrogen and oxygen atoms in total. The summed E-state index contributed by atoms with van der Waals surface area (Å²) in [7, 11) is 0. The third-order valence-electron chi connectivity index (χ3n) is 10.3. The average Bonchev–Trinajstić information content (AvgIpc) is 3.33. The van der Waals surface area contributed by atoms with Crippen molar-refractivity contribution >= 4 is 11.5 Å². The van der Waals surface area contributed by atoms with Gasteiger partial charge in [-0.15, -0.1) is 5.06 Å². The lowest BCUT2D eigenvalue weighted by molar-refractivity contribution is -0.147. The molecule has 4 aliphatic carbocycles. The average molecular weight is 419 g/mol. The minimum atomic E-state index is -1.22. The molecule has 1 aliphatic heterocycles. The van der Waals surface area contributed by atoms with Crippen LogP contribution in [0.3, 0.4) is 0 Å². The lowest BCUT2D eigenvalue weighted by Crippen LogP contribution is -2.56. The van der Waals surface area contributed by atoms with E-state index in [0.717, 1.165) is 51.6 Å². The Bertz CT molecular complexity index is 720. The molecule has 5 fully saturated rings. The van der Waals surface area contributed by atoms with Crippen LogP contribution >= 0.6 is 0 Å². The molecule has 0 aromatic heterocycles. The van der Waals surface area contributed by atoms with Gasteiger partial charge in [0.2, 0.25) is 0 Å². The van der Waals surface area contributed by atoms with Crippen molar-refractivity contribution in [3.8, 4) is 0 Å². The first-order valence-electron chi connectivity index (χ1n) is 12.6. The summed E-state index contributed by atoms with van der Waals surface area (Å²) in [5.41, 5.74) is 1.15. The molecule has 8 unspecified atom stereocenters. The number of rotatable bonds is 3. The van der Waals surface area contributed by atoms with Gasteiger partial charge in [0.1, 0.15) is 0 Å². The Morgan fingerprint density at radius 1 is 1.10 bits per heavy atom. The van der Waals surface area contributed by atoms with Crippen LogP contribution in [0.5, 0.6) is 0 Å². The molecule has 0 N–H and O–H groups in total. The Kier molecular flexibility index (Phi) is 5.27. The molecule has 1 saturated heterocycles. The highest BCUT2D eigenvalue weighted by Gasteiger charge is 2.63. The molecule has 0 spiro atoms. The maximum atomic E-state index is 14.4. The fourth-order valence-electron chi connectivity index (χ4n) is 8.59. The van der Waals surface area contributed by atoms with Crippen LogP contribution in [0.25, 0.3) is 0 Å². The molecule has 168 valence electrons.